The van der Waals surface area contributed by atoms with Crippen molar-refractivity contribution in [3.63, 3.8) is 0 Å². The van der Waals surface area contributed by atoms with Crippen LogP contribution in [0.3, 0.4) is 0 Å². The summed E-state index contributed by atoms with van der Waals surface area (Å²) in [6.07, 6.45) is 1.93. The van der Waals surface area contributed by atoms with Gasteiger partial charge in [0, 0.05) is 32.2 Å². The van der Waals surface area contributed by atoms with Gasteiger partial charge in [0.25, 0.3) is 0 Å². The molecule has 2 unspecified atom stereocenters. The van der Waals surface area contributed by atoms with E-state index in [0.717, 1.165) is 18.4 Å². The summed E-state index contributed by atoms with van der Waals surface area (Å²) in [7, 11) is 0. The number of rotatable bonds is 7. The van der Waals surface area contributed by atoms with Gasteiger partial charge in [-0.1, -0.05) is 36.4 Å². The second kappa shape index (κ2) is 11.3. The van der Waals surface area contributed by atoms with E-state index in [2.05, 4.69) is 16.0 Å². The number of hydrogen-bond donors (Lipinski definition) is 3. The van der Waals surface area contributed by atoms with Gasteiger partial charge < -0.3 is 20.9 Å². The fourth-order valence-corrected chi connectivity index (χ4v) is 3.92. The first kappa shape index (κ1) is 23.2. The quantitative estimate of drug-likeness (QED) is 0.616. The van der Waals surface area contributed by atoms with Crippen molar-refractivity contribution in [3.8, 4) is 0 Å². The Morgan fingerprint density at radius 3 is 2.62 bits per heavy atom. The van der Waals surface area contributed by atoms with E-state index in [4.69, 9.17) is 0 Å². The van der Waals surface area contributed by atoms with Gasteiger partial charge in [-0.2, -0.15) is 0 Å². The molecular formula is C24H29FN4O3. The summed E-state index contributed by atoms with van der Waals surface area (Å²) in [6, 6.07) is 14.4. The Balaban J connectivity index is 1.51. The Bertz CT molecular complexity index is 938. The maximum Gasteiger partial charge on any atom is 0.319 e. The first-order valence-electron chi connectivity index (χ1n) is 10.8. The molecule has 2 atom stereocenters. The van der Waals surface area contributed by atoms with Crippen molar-refractivity contribution < 1.29 is 18.8 Å². The Kier molecular flexibility index (Phi) is 8.19. The van der Waals surface area contributed by atoms with Crippen molar-refractivity contribution in [1.82, 2.24) is 15.5 Å². The zero-order valence-corrected chi connectivity index (χ0v) is 18.1. The zero-order valence-electron chi connectivity index (χ0n) is 18.1. The molecule has 1 fully saturated rings. The van der Waals surface area contributed by atoms with Gasteiger partial charge in [0.2, 0.25) is 11.8 Å². The molecule has 1 heterocycles. The summed E-state index contributed by atoms with van der Waals surface area (Å²) in [5.41, 5.74) is 1.27. The monoisotopic (exact) mass is 440 g/mol. The van der Waals surface area contributed by atoms with Crippen molar-refractivity contribution in [3.05, 3.63) is 66.0 Å². The van der Waals surface area contributed by atoms with E-state index >= 15 is 0 Å². The molecular weight excluding hydrogens is 411 g/mol. The number of urea groups is 1. The minimum atomic E-state index is -0.419. The van der Waals surface area contributed by atoms with Crippen LogP contribution >= 0.6 is 0 Å². The van der Waals surface area contributed by atoms with Crippen LogP contribution in [0.5, 0.6) is 0 Å². The van der Waals surface area contributed by atoms with Crippen LogP contribution in [0.2, 0.25) is 0 Å². The Morgan fingerprint density at radius 1 is 1.12 bits per heavy atom. The molecule has 0 spiro atoms. The summed E-state index contributed by atoms with van der Waals surface area (Å²) in [5.74, 6) is -0.502. The van der Waals surface area contributed by atoms with E-state index in [1.54, 1.807) is 11.0 Å². The molecule has 1 saturated heterocycles. The predicted molar refractivity (Wildman–Crippen MR) is 120 cm³/mol. The number of piperidine rings is 1. The molecule has 7 nitrogen and oxygen atoms in total. The van der Waals surface area contributed by atoms with Crippen LogP contribution in [0.1, 0.15) is 37.8 Å². The number of halogens is 1. The summed E-state index contributed by atoms with van der Waals surface area (Å²) >= 11 is 0. The third kappa shape index (κ3) is 7.08. The summed E-state index contributed by atoms with van der Waals surface area (Å²) < 4.78 is 13.2. The molecule has 32 heavy (non-hydrogen) atoms. The second-order valence-electron chi connectivity index (χ2n) is 8.06. The Labute approximate surface area is 187 Å². The smallest absolute Gasteiger partial charge is 0.319 e. The van der Waals surface area contributed by atoms with Crippen LogP contribution in [0.15, 0.2) is 54.6 Å². The third-order valence-electron chi connectivity index (χ3n) is 5.46. The lowest BCUT2D eigenvalue weighted by Gasteiger charge is -2.34. The molecule has 0 bridgehead atoms. The normalized spacial score (nSPS) is 16.7. The lowest BCUT2D eigenvalue weighted by molar-refractivity contribution is -0.133. The SMILES string of the molecule is CC(=O)NC(CC(=O)N1CCCC(CNC(=O)Nc2cccc(F)c2)C1)c1ccccc1. The van der Waals surface area contributed by atoms with Gasteiger partial charge in [-0.25, -0.2) is 9.18 Å². The fourth-order valence-electron chi connectivity index (χ4n) is 3.92. The van der Waals surface area contributed by atoms with Crippen molar-refractivity contribution >= 4 is 23.5 Å². The number of carbonyl (C=O) groups is 3. The lowest BCUT2D eigenvalue weighted by Crippen LogP contribution is -2.45. The maximum absolute atomic E-state index is 13.2. The third-order valence-corrected chi connectivity index (χ3v) is 5.46. The molecule has 0 saturated carbocycles. The molecule has 0 aromatic heterocycles. The highest BCUT2D eigenvalue weighted by Gasteiger charge is 2.26. The van der Waals surface area contributed by atoms with Gasteiger partial charge in [0.15, 0.2) is 0 Å². The summed E-state index contributed by atoms with van der Waals surface area (Å²) in [6.45, 7) is 3.06. The number of likely N-dealkylation sites (tertiary alicyclic amines) is 1. The van der Waals surface area contributed by atoms with Crippen LogP contribution in [-0.2, 0) is 9.59 Å². The van der Waals surface area contributed by atoms with E-state index in [-0.39, 0.29) is 30.2 Å². The van der Waals surface area contributed by atoms with Gasteiger partial charge in [0.1, 0.15) is 5.82 Å². The van der Waals surface area contributed by atoms with E-state index in [0.29, 0.717) is 25.3 Å². The number of nitrogens with zero attached hydrogens (tertiary/aromatic N) is 1. The van der Waals surface area contributed by atoms with Crippen molar-refractivity contribution in [1.29, 1.82) is 0 Å². The van der Waals surface area contributed by atoms with Crippen LogP contribution in [-0.4, -0.2) is 42.4 Å². The topological polar surface area (TPSA) is 90.5 Å². The minimum absolute atomic E-state index is 0.0264. The highest BCUT2D eigenvalue weighted by atomic mass is 19.1. The van der Waals surface area contributed by atoms with Crippen molar-refractivity contribution in [2.24, 2.45) is 5.92 Å². The van der Waals surface area contributed by atoms with Crippen LogP contribution in [0.25, 0.3) is 0 Å². The minimum Gasteiger partial charge on any atom is -0.349 e. The van der Waals surface area contributed by atoms with Gasteiger partial charge in [0.05, 0.1) is 12.5 Å². The number of anilines is 1. The van der Waals surface area contributed by atoms with Crippen molar-refractivity contribution in [2.75, 3.05) is 25.0 Å². The van der Waals surface area contributed by atoms with Crippen LogP contribution in [0.4, 0.5) is 14.9 Å². The van der Waals surface area contributed by atoms with E-state index in [9.17, 15) is 18.8 Å². The molecule has 3 rings (SSSR count). The van der Waals surface area contributed by atoms with Crippen LogP contribution < -0.4 is 16.0 Å². The largest absolute Gasteiger partial charge is 0.349 e. The lowest BCUT2D eigenvalue weighted by atomic mass is 9.96. The second-order valence-corrected chi connectivity index (χ2v) is 8.06. The van der Waals surface area contributed by atoms with Gasteiger partial charge in [-0.05, 0) is 42.5 Å². The molecule has 1 aliphatic heterocycles. The molecule has 4 amide bonds. The Morgan fingerprint density at radius 2 is 1.91 bits per heavy atom. The number of carbonyl (C=O) groups excluding carboxylic acids is 3. The number of amides is 4. The standard InChI is InChI=1S/C24H29FN4O3/c1-17(30)27-22(19-8-3-2-4-9-19)14-23(31)29-12-6-7-18(16-29)15-26-24(32)28-21-11-5-10-20(25)13-21/h2-5,8-11,13,18,22H,6-7,12,14-16H2,1H3,(H,27,30)(H2,26,28,32). The number of hydrogen-bond acceptors (Lipinski definition) is 3. The van der Waals surface area contributed by atoms with Crippen molar-refractivity contribution in [2.45, 2.75) is 32.2 Å². The highest BCUT2D eigenvalue weighted by molar-refractivity contribution is 5.89. The van der Waals surface area contributed by atoms with Gasteiger partial charge in [-0.3, -0.25) is 9.59 Å². The molecule has 3 N–H and O–H groups in total. The molecule has 2 aromatic rings. The summed E-state index contributed by atoms with van der Waals surface area (Å²) in [4.78, 5) is 38.5. The maximum atomic E-state index is 13.2. The van der Waals surface area contributed by atoms with E-state index in [1.165, 1.54) is 25.1 Å². The molecule has 2 aromatic carbocycles. The predicted octanol–water partition coefficient (Wildman–Crippen LogP) is 3.45. The average molecular weight is 441 g/mol. The average Bonchev–Trinajstić information content (AvgIpc) is 2.78. The molecule has 1 aliphatic rings. The summed E-state index contributed by atoms with van der Waals surface area (Å²) in [5, 5.41) is 8.28. The highest BCUT2D eigenvalue weighted by Crippen LogP contribution is 2.22. The van der Waals surface area contributed by atoms with E-state index < -0.39 is 11.8 Å². The molecule has 0 aliphatic carbocycles. The number of benzene rings is 2. The first-order valence-corrected chi connectivity index (χ1v) is 10.8. The number of nitrogens with one attached hydrogen (secondary N) is 3. The zero-order chi connectivity index (χ0) is 22.9. The van der Waals surface area contributed by atoms with E-state index in [1.807, 2.05) is 30.3 Å². The fraction of sp³-hybridized carbons (Fsp3) is 0.375. The first-order chi connectivity index (χ1) is 15.4. The molecule has 170 valence electrons. The Hall–Kier alpha value is -3.42. The molecule has 0 radical (unpaired) electrons. The van der Waals surface area contributed by atoms with Gasteiger partial charge >= 0.3 is 6.03 Å². The van der Waals surface area contributed by atoms with Gasteiger partial charge in [-0.15, -0.1) is 0 Å². The van der Waals surface area contributed by atoms with Crippen LogP contribution in [0, 0.1) is 11.7 Å². The molecule has 8 heteroatoms.